The van der Waals surface area contributed by atoms with Gasteiger partial charge in [0, 0.05) is 61.5 Å². The van der Waals surface area contributed by atoms with E-state index in [-0.39, 0.29) is 36.5 Å². The summed E-state index contributed by atoms with van der Waals surface area (Å²) in [7, 11) is 3.94. The number of ether oxygens (including phenoxy) is 1. The Balaban J connectivity index is 1.44. The van der Waals surface area contributed by atoms with Crippen LogP contribution in [0.4, 0.5) is 27.8 Å². The average molecular weight is 573 g/mol. The van der Waals surface area contributed by atoms with Gasteiger partial charge in [-0.25, -0.2) is 14.8 Å². The van der Waals surface area contributed by atoms with E-state index in [1.807, 2.05) is 43.3 Å². The number of carbonyl (C=O) groups is 2. The average Bonchev–Trinajstić information content (AvgIpc) is 3.30. The summed E-state index contributed by atoms with van der Waals surface area (Å²) in [5.74, 6) is 2.19. The van der Waals surface area contributed by atoms with Crippen molar-refractivity contribution in [1.29, 1.82) is 0 Å². The Hall–Kier alpha value is -4.09. The monoisotopic (exact) mass is 572 g/mol. The molecular weight excluding hydrogens is 532 g/mol. The molecule has 11 nitrogen and oxygen atoms in total. The highest BCUT2D eigenvalue weighted by atomic mass is 16.5. The highest BCUT2D eigenvalue weighted by Crippen LogP contribution is 2.35. The smallest absolute Gasteiger partial charge is 0.323 e. The van der Waals surface area contributed by atoms with E-state index in [1.54, 1.807) is 24.5 Å². The number of ketones is 1. The number of hydrogen-bond acceptors (Lipinski definition) is 9. The Kier molecular flexibility index (Phi) is 9.28. The first-order valence-corrected chi connectivity index (χ1v) is 14.6. The van der Waals surface area contributed by atoms with Crippen molar-refractivity contribution >= 4 is 34.8 Å². The molecule has 42 heavy (non-hydrogen) atoms. The molecule has 0 spiro atoms. The van der Waals surface area contributed by atoms with Crippen LogP contribution in [0.2, 0.25) is 0 Å². The highest BCUT2D eigenvalue weighted by Gasteiger charge is 2.36. The van der Waals surface area contributed by atoms with Gasteiger partial charge in [0.1, 0.15) is 17.4 Å². The zero-order valence-corrected chi connectivity index (χ0v) is 24.8. The van der Waals surface area contributed by atoms with E-state index in [2.05, 4.69) is 39.7 Å². The molecule has 3 N–H and O–H groups in total. The van der Waals surface area contributed by atoms with E-state index in [1.165, 1.54) is 0 Å². The molecule has 5 rings (SSSR count). The minimum atomic E-state index is -0.358. The van der Waals surface area contributed by atoms with Crippen molar-refractivity contribution in [2.75, 3.05) is 54.6 Å². The molecule has 0 radical (unpaired) electrons. The van der Waals surface area contributed by atoms with Crippen molar-refractivity contribution in [3.05, 3.63) is 54.4 Å². The van der Waals surface area contributed by atoms with Crippen LogP contribution < -0.4 is 20.9 Å². The van der Waals surface area contributed by atoms with Gasteiger partial charge in [0.15, 0.2) is 5.82 Å². The number of benzene rings is 1. The fourth-order valence-electron chi connectivity index (χ4n) is 5.27. The first-order chi connectivity index (χ1) is 20.2. The van der Waals surface area contributed by atoms with Gasteiger partial charge in [0.05, 0.1) is 24.1 Å². The van der Waals surface area contributed by atoms with Crippen molar-refractivity contribution in [3.63, 3.8) is 0 Å². The summed E-state index contributed by atoms with van der Waals surface area (Å²) >= 11 is 0. The summed E-state index contributed by atoms with van der Waals surface area (Å²) in [5.41, 5.74) is 2.88. The molecule has 2 aliphatic rings. The fourth-order valence-corrected chi connectivity index (χ4v) is 5.27. The van der Waals surface area contributed by atoms with Crippen molar-refractivity contribution in [3.8, 4) is 11.4 Å². The molecule has 3 aromatic rings. The van der Waals surface area contributed by atoms with E-state index in [4.69, 9.17) is 14.7 Å². The van der Waals surface area contributed by atoms with E-state index >= 15 is 0 Å². The molecular formula is C31H40N8O3. The number of amides is 2. The second-order valence-corrected chi connectivity index (χ2v) is 11.5. The molecule has 2 fully saturated rings. The largest absolute Gasteiger partial charge is 0.371 e. The lowest BCUT2D eigenvalue weighted by Gasteiger charge is -2.35. The van der Waals surface area contributed by atoms with Crippen molar-refractivity contribution in [1.82, 2.24) is 19.9 Å². The lowest BCUT2D eigenvalue weighted by molar-refractivity contribution is -0.118. The predicted octanol–water partition coefficient (Wildman–Crippen LogP) is 4.43. The number of hydrogen-bond donors (Lipinski definition) is 3. The molecule has 2 saturated heterocycles. The van der Waals surface area contributed by atoms with E-state index in [9.17, 15) is 9.59 Å². The number of carbonyl (C=O) groups excluding carboxylic acids is 2. The molecule has 4 heterocycles. The summed E-state index contributed by atoms with van der Waals surface area (Å²) in [6.07, 6.45) is 6.38. The number of rotatable bonds is 11. The van der Waals surface area contributed by atoms with E-state index in [0.717, 1.165) is 42.9 Å². The Morgan fingerprint density at radius 1 is 1.02 bits per heavy atom. The van der Waals surface area contributed by atoms with Crippen LogP contribution in [0.1, 0.15) is 38.7 Å². The van der Waals surface area contributed by atoms with Gasteiger partial charge in [-0.15, -0.1) is 0 Å². The molecule has 2 amide bonds. The van der Waals surface area contributed by atoms with Gasteiger partial charge in [-0.1, -0.05) is 0 Å². The summed E-state index contributed by atoms with van der Waals surface area (Å²) in [5, 5.41) is 9.10. The number of nitrogens with zero attached hydrogens (tertiary/aromatic N) is 5. The van der Waals surface area contributed by atoms with Crippen LogP contribution in [0, 0.1) is 0 Å². The van der Waals surface area contributed by atoms with Crippen molar-refractivity contribution in [2.24, 2.45) is 0 Å². The van der Waals surface area contributed by atoms with Gasteiger partial charge in [0.2, 0.25) is 0 Å². The zero-order valence-electron chi connectivity index (χ0n) is 24.8. The van der Waals surface area contributed by atoms with Gasteiger partial charge >= 0.3 is 6.03 Å². The third-order valence-electron chi connectivity index (χ3n) is 7.29. The van der Waals surface area contributed by atoms with Crippen LogP contribution in [0.5, 0.6) is 0 Å². The maximum atomic E-state index is 13.1. The Morgan fingerprint density at radius 2 is 1.74 bits per heavy atom. The Bertz CT molecular complexity index is 1370. The summed E-state index contributed by atoms with van der Waals surface area (Å²) < 4.78 is 6.11. The normalized spacial score (nSPS) is 17.9. The second kappa shape index (κ2) is 13.3. The first kappa shape index (κ1) is 29.4. The number of fused-ring (bicyclic) bond motifs is 2. The standard InChI is InChI=1S/C31H40N8O3/c1-20(2)33-29-27(16-24(40)13-15-38(3)4)30(39-18-25-11-12-26(19-39)42-25)37-28(36-29)21-7-9-22(10-8-21)34-31(41)35-23-6-5-14-32-17-23/h5-10,14,17,20,25-26H,11-13,15-16,18-19H2,1-4H3,(H,33,36,37)(H2,34,35,41). The van der Waals surface area contributed by atoms with Crippen LogP contribution in [-0.4, -0.2) is 83.6 Å². The van der Waals surface area contributed by atoms with Gasteiger partial charge in [-0.05, 0) is 77.2 Å². The lowest BCUT2D eigenvalue weighted by atomic mass is 10.1. The molecule has 1 aromatic carbocycles. The number of nitrogens with one attached hydrogen (secondary N) is 3. The van der Waals surface area contributed by atoms with Gasteiger partial charge in [-0.2, -0.15) is 0 Å². The number of urea groups is 1. The Morgan fingerprint density at radius 3 is 2.38 bits per heavy atom. The van der Waals surface area contributed by atoms with E-state index < -0.39 is 0 Å². The maximum absolute atomic E-state index is 13.1. The number of aromatic nitrogens is 3. The maximum Gasteiger partial charge on any atom is 0.323 e. The minimum Gasteiger partial charge on any atom is -0.371 e. The van der Waals surface area contributed by atoms with Gasteiger partial charge in [0.25, 0.3) is 0 Å². The third kappa shape index (κ3) is 7.59. The van der Waals surface area contributed by atoms with Crippen LogP contribution in [-0.2, 0) is 16.0 Å². The van der Waals surface area contributed by atoms with Crippen molar-refractivity contribution in [2.45, 2.75) is 57.8 Å². The number of pyridine rings is 1. The molecule has 2 atom stereocenters. The molecule has 2 aliphatic heterocycles. The highest BCUT2D eigenvalue weighted by molar-refractivity contribution is 5.99. The molecule has 2 aromatic heterocycles. The van der Waals surface area contributed by atoms with Crippen LogP contribution >= 0.6 is 0 Å². The summed E-state index contributed by atoms with van der Waals surface area (Å²) in [4.78, 5) is 43.9. The summed E-state index contributed by atoms with van der Waals surface area (Å²) in [6.45, 7) is 6.29. The van der Waals surface area contributed by atoms with Crippen LogP contribution in [0.25, 0.3) is 11.4 Å². The van der Waals surface area contributed by atoms with Gasteiger partial charge < -0.3 is 30.5 Å². The lowest BCUT2D eigenvalue weighted by Crippen LogP contribution is -2.43. The summed E-state index contributed by atoms with van der Waals surface area (Å²) in [6, 6.07) is 10.7. The van der Waals surface area contributed by atoms with Crippen LogP contribution in [0.15, 0.2) is 48.8 Å². The number of anilines is 4. The molecule has 2 bridgehead atoms. The number of Topliss-reactive ketones (excluding diaryl/α,β-unsaturated/α-hetero) is 1. The predicted molar refractivity (Wildman–Crippen MR) is 165 cm³/mol. The third-order valence-corrected chi connectivity index (χ3v) is 7.29. The quantitative estimate of drug-likeness (QED) is 0.306. The van der Waals surface area contributed by atoms with E-state index in [0.29, 0.717) is 36.0 Å². The molecule has 11 heteroatoms. The SMILES string of the molecule is CC(C)Nc1nc(-c2ccc(NC(=O)Nc3cccnc3)cc2)nc(N2CC3CCC(C2)O3)c1CC(=O)CCN(C)C. The Labute approximate surface area is 247 Å². The number of morpholine rings is 1. The fraction of sp³-hybridized carbons (Fsp3) is 0.452. The topological polar surface area (TPSA) is 125 Å². The van der Waals surface area contributed by atoms with Gasteiger partial charge in [-0.3, -0.25) is 9.78 Å². The zero-order chi connectivity index (χ0) is 29.6. The minimum absolute atomic E-state index is 0.113. The first-order valence-electron chi connectivity index (χ1n) is 14.6. The van der Waals surface area contributed by atoms with Crippen LogP contribution in [0.3, 0.4) is 0 Å². The molecule has 2 unspecified atom stereocenters. The molecule has 0 saturated carbocycles. The van der Waals surface area contributed by atoms with Crippen molar-refractivity contribution < 1.29 is 14.3 Å². The molecule has 0 aliphatic carbocycles. The molecule has 222 valence electrons. The second-order valence-electron chi connectivity index (χ2n) is 11.5.